The summed E-state index contributed by atoms with van der Waals surface area (Å²) in [7, 11) is 0. The molecule has 0 spiro atoms. The molecule has 0 atom stereocenters. The highest BCUT2D eigenvalue weighted by atomic mass is 35.5. The Balaban J connectivity index is 1.82. The van der Waals surface area contributed by atoms with E-state index in [0.29, 0.717) is 27.6 Å². The number of aromatic nitrogens is 2. The fourth-order valence-corrected chi connectivity index (χ4v) is 2.87. The summed E-state index contributed by atoms with van der Waals surface area (Å²) in [5, 5.41) is 19.9. The van der Waals surface area contributed by atoms with E-state index in [0.717, 1.165) is 5.56 Å². The first-order valence-electron chi connectivity index (χ1n) is 7.25. The average molecular weight is 378 g/mol. The van der Waals surface area contributed by atoms with Crippen molar-refractivity contribution in [3.8, 4) is 17.2 Å². The zero-order chi connectivity index (χ0) is 17.8. The quantitative estimate of drug-likeness (QED) is 0.448. The van der Waals surface area contributed by atoms with Gasteiger partial charge < -0.3 is 9.15 Å². The smallest absolute Gasteiger partial charge is 0.310 e. The summed E-state index contributed by atoms with van der Waals surface area (Å²) >= 11 is 7.05. The van der Waals surface area contributed by atoms with E-state index < -0.39 is 4.92 Å². The number of nitrogens with zero attached hydrogens (tertiary/aromatic N) is 3. The summed E-state index contributed by atoms with van der Waals surface area (Å²) < 4.78 is 10.9. The third-order valence-electron chi connectivity index (χ3n) is 3.13. The van der Waals surface area contributed by atoms with Gasteiger partial charge in [0, 0.05) is 27.6 Å². The lowest BCUT2D eigenvalue weighted by molar-refractivity contribution is -0.385. The van der Waals surface area contributed by atoms with Crippen molar-refractivity contribution in [2.75, 3.05) is 6.61 Å². The fourth-order valence-electron chi connectivity index (χ4n) is 2.04. The maximum atomic E-state index is 11.0. The molecule has 7 nitrogen and oxygen atoms in total. The van der Waals surface area contributed by atoms with Crippen molar-refractivity contribution < 1.29 is 14.1 Å². The highest BCUT2D eigenvalue weighted by Gasteiger charge is 2.17. The Morgan fingerprint density at radius 1 is 1.24 bits per heavy atom. The standard InChI is InChI=1S/C16H12ClN3O4S/c1-2-23-14-9-12(7-8-13(14)20(21)22)25-16-19-18-15(24-16)10-3-5-11(17)6-4-10/h3-9H,2H2,1H3. The summed E-state index contributed by atoms with van der Waals surface area (Å²) in [6.45, 7) is 2.09. The summed E-state index contributed by atoms with van der Waals surface area (Å²) in [6, 6.07) is 11.6. The van der Waals surface area contributed by atoms with E-state index in [4.69, 9.17) is 20.8 Å². The predicted octanol–water partition coefficient (Wildman–Crippen LogP) is 4.85. The summed E-state index contributed by atoms with van der Waals surface area (Å²) in [5.41, 5.74) is 0.668. The van der Waals surface area contributed by atoms with Crippen molar-refractivity contribution in [2.45, 2.75) is 17.0 Å². The summed E-state index contributed by atoms with van der Waals surface area (Å²) in [4.78, 5) is 11.2. The second kappa shape index (κ2) is 7.54. The van der Waals surface area contributed by atoms with E-state index in [9.17, 15) is 10.1 Å². The molecule has 0 bridgehead atoms. The molecule has 0 saturated carbocycles. The van der Waals surface area contributed by atoms with Gasteiger partial charge in [-0.25, -0.2) is 0 Å². The molecule has 2 aromatic carbocycles. The van der Waals surface area contributed by atoms with Gasteiger partial charge in [-0.15, -0.1) is 10.2 Å². The molecule has 0 N–H and O–H groups in total. The van der Waals surface area contributed by atoms with Crippen LogP contribution in [0.1, 0.15) is 6.92 Å². The minimum Gasteiger partial charge on any atom is -0.487 e. The van der Waals surface area contributed by atoms with Crippen molar-refractivity contribution >= 4 is 29.1 Å². The van der Waals surface area contributed by atoms with Gasteiger partial charge in [-0.2, -0.15) is 0 Å². The van der Waals surface area contributed by atoms with E-state index >= 15 is 0 Å². The molecule has 0 unspecified atom stereocenters. The molecule has 0 aliphatic carbocycles. The van der Waals surface area contributed by atoms with Gasteiger partial charge in [0.2, 0.25) is 5.89 Å². The molecular formula is C16H12ClN3O4S. The molecule has 3 aromatic rings. The van der Waals surface area contributed by atoms with Gasteiger partial charge >= 0.3 is 5.69 Å². The fraction of sp³-hybridized carbons (Fsp3) is 0.125. The lowest BCUT2D eigenvalue weighted by atomic mass is 10.2. The normalized spacial score (nSPS) is 10.6. The zero-order valence-corrected chi connectivity index (χ0v) is 14.6. The molecule has 3 rings (SSSR count). The summed E-state index contributed by atoms with van der Waals surface area (Å²) in [6.07, 6.45) is 0. The van der Waals surface area contributed by atoms with Crippen LogP contribution in [0.4, 0.5) is 5.69 Å². The predicted molar refractivity (Wildman–Crippen MR) is 93.1 cm³/mol. The average Bonchev–Trinajstić information content (AvgIpc) is 3.04. The Morgan fingerprint density at radius 3 is 2.68 bits per heavy atom. The van der Waals surface area contributed by atoms with Crippen LogP contribution in [0.15, 0.2) is 57.0 Å². The number of rotatable bonds is 6. The number of benzene rings is 2. The zero-order valence-electron chi connectivity index (χ0n) is 13.0. The molecule has 0 aliphatic heterocycles. The minimum atomic E-state index is -0.481. The van der Waals surface area contributed by atoms with E-state index in [-0.39, 0.29) is 11.4 Å². The number of hydrogen-bond donors (Lipinski definition) is 0. The van der Waals surface area contributed by atoms with Crippen molar-refractivity contribution in [1.82, 2.24) is 10.2 Å². The van der Waals surface area contributed by atoms with E-state index in [1.165, 1.54) is 17.8 Å². The number of hydrogen-bond acceptors (Lipinski definition) is 7. The van der Waals surface area contributed by atoms with Crippen molar-refractivity contribution in [3.05, 3.63) is 57.6 Å². The second-order valence-electron chi connectivity index (χ2n) is 4.80. The van der Waals surface area contributed by atoms with Crippen LogP contribution in [-0.4, -0.2) is 21.7 Å². The van der Waals surface area contributed by atoms with Crippen LogP contribution in [0.25, 0.3) is 11.5 Å². The van der Waals surface area contributed by atoms with E-state index in [1.807, 2.05) is 0 Å². The van der Waals surface area contributed by atoms with Gasteiger partial charge in [-0.1, -0.05) is 11.6 Å². The molecule has 0 saturated heterocycles. The Morgan fingerprint density at radius 2 is 2.00 bits per heavy atom. The number of ether oxygens (including phenoxy) is 1. The van der Waals surface area contributed by atoms with Gasteiger partial charge in [0.1, 0.15) is 0 Å². The van der Waals surface area contributed by atoms with Crippen LogP contribution >= 0.6 is 23.4 Å². The first-order chi connectivity index (χ1) is 12.1. The SMILES string of the molecule is CCOc1cc(Sc2nnc(-c3ccc(Cl)cc3)o2)ccc1[N+](=O)[O-]. The van der Waals surface area contributed by atoms with Crippen LogP contribution < -0.4 is 4.74 Å². The molecule has 0 radical (unpaired) electrons. The third-order valence-corrected chi connectivity index (χ3v) is 4.21. The maximum Gasteiger partial charge on any atom is 0.310 e. The van der Waals surface area contributed by atoms with Gasteiger partial charge in [-0.3, -0.25) is 10.1 Å². The van der Waals surface area contributed by atoms with Crippen LogP contribution in [0, 0.1) is 10.1 Å². The first kappa shape index (κ1) is 17.2. The highest BCUT2D eigenvalue weighted by molar-refractivity contribution is 7.99. The lowest BCUT2D eigenvalue weighted by Gasteiger charge is -2.05. The van der Waals surface area contributed by atoms with Crippen LogP contribution in [0.2, 0.25) is 5.02 Å². The Hall–Kier alpha value is -2.58. The lowest BCUT2D eigenvalue weighted by Crippen LogP contribution is -1.97. The molecule has 128 valence electrons. The van der Waals surface area contributed by atoms with Gasteiger partial charge in [0.15, 0.2) is 5.75 Å². The molecule has 9 heteroatoms. The topological polar surface area (TPSA) is 91.3 Å². The van der Waals surface area contributed by atoms with Gasteiger partial charge in [-0.05, 0) is 49.0 Å². The van der Waals surface area contributed by atoms with Gasteiger partial charge in [0.05, 0.1) is 11.5 Å². The van der Waals surface area contributed by atoms with Crippen molar-refractivity contribution in [3.63, 3.8) is 0 Å². The van der Waals surface area contributed by atoms with E-state index in [2.05, 4.69) is 10.2 Å². The van der Waals surface area contributed by atoms with Crippen molar-refractivity contribution in [1.29, 1.82) is 0 Å². The van der Waals surface area contributed by atoms with Crippen LogP contribution in [-0.2, 0) is 0 Å². The van der Waals surface area contributed by atoms with E-state index in [1.54, 1.807) is 43.3 Å². The van der Waals surface area contributed by atoms with Crippen LogP contribution in [0.3, 0.4) is 0 Å². The Kier molecular flexibility index (Phi) is 5.20. The summed E-state index contributed by atoms with van der Waals surface area (Å²) in [5.74, 6) is 0.570. The number of halogens is 1. The Bertz CT molecular complexity index is 899. The maximum absolute atomic E-state index is 11.0. The molecule has 0 amide bonds. The van der Waals surface area contributed by atoms with Crippen molar-refractivity contribution in [2.24, 2.45) is 0 Å². The third kappa shape index (κ3) is 4.09. The molecular weight excluding hydrogens is 366 g/mol. The highest BCUT2D eigenvalue weighted by Crippen LogP contribution is 2.35. The molecule has 0 fully saturated rings. The first-order valence-corrected chi connectivity index (χ1v) is 8.45. The van der Waals surface area contributed by atoms with Crippen LogP contribution in [0.5, 0.6) is 5.75 Å². The molecule has 1 heterocycles. The molecule has 0 aliphatic rings. The molecule has 1 aromatic heterocycles. The Labute approximate surface area is 152 Å². The largest absolute Gasteiger partial charge is 0.487 e. The number of nitro benzene ring substituents is 1. The van der Waals surface area contributed by atoms with Gasteiger partial charge in [0.25, 0.3) is 5.22 Å². The monoisotopic (exact) mass is 377 g/mol. The number of nitro groups is 1. The second-order valence-corrected chi connectivity index (χ2v) is 6.26. The molecule has 25 heavy (non-hydrogen) atoms. The minimum absolute atomic E-state index is 0.0846.